The standard InChI is InChI=1S/C10H21N/c1-5-8(2)10(3)6-9(10)7-11-4/h8-9,11H,5-7H2,1-4H3. The fraction of sp³-hybridized carbons (Fsp3) is 1.00. The molecule has 0 saturated heterocycles. The first-order valence-corrected chi connectivity index (χ1v) is 4.79. The van der Waals surface area contributed by atoms with E-state index in [1.165, 1.54) is 19.4 Å². The van der Waals surface area contributed by atoms with Gasteiger partial charge >= 0.3 is 0 Å². The molecule has 0 radical (unpaired) electrons. The van der Waals surface area contributed by atoms with Gasteiger partial charge in [-0.1, -0.05) is 27.2 Å². The van der Waals surface area contributed by atoms with Crippen LogP contribution in [0.15, 0.2) is 0 Å². The molecule has 1 nitrogen and oxygen atoms in total. The zero-order chi connectivity index (χ0) is 8.48. The highest BCUT2D eigenvalue weighted by Gasteiger charge is 2.51. The minimum absolute atomic E-state index is 0.664. The van der Waals surface area contributed by atoms with Crippen LogP contribution in [0.3, 0.4) is 0 Å². The highest BCUT2D eigenvalue weighted by atomic mass is 14.8. The van der Waals surface area contributed by atoms with E-state index in [2.05, 4.69) is 33.1 Å². The van der Waals surface area contributed by atoms with E-state index in [9.17, 15) is 0 Å². The van der Waals surface area contributed by atoms with Crippen LogP contribution in [-0.4, -0.2) is 13.6 Å². The summed E-state index contributed by atoms with van der Waals surface area (Å²) in [6, 6.07) is 0. The van der Waals surface area contributed by atoms with Gasteiger partial charge in [0, 0.05) is 0 Å². The highest BCUT2D eigenvalue weighted by Crippen LogP contribution is 2.57. The van der Waals surface area contributed by atoms with Crippen molar-refractivity contribution >= 4 is 0 Å². The van der Waals surface area contributed by atoms with Crippen LogP contribution in [0.4, 0.5) is 0 Å². The van der Waals surface area contributed by atoms with Crippen molar-refractivity contribution < 1.29 is 0 Å². The Balaban J connectivity index is 2.35. The summed E-state index contributed by atoms with van der Waals surface area (Å²) in [7, 11) is 2.05. The number of hydrogen-bond acceptors (Lipinski definition) is 1. The molecule has 1 fully saturated rings. The number of hydrogen-bond donors (Lipinski definition) is 1. The average Bonchev–Trinajstić information content (AvgIpc) is 2.63. The average molecular weight is 155 g/mol. The van der Waals surface area contributed by atoms with Crippen LogP contribution in [-0.2, 0) is 0 Å². The predicted molar refractivity (Wildman–Crippen MR) is 49.6 cm³/mol. The van der Waals surface area contributed by atoms with E-state index in [1.807, 2.05) is 0 Å². The topological polar surface area (TPSA) is 12.0 Å². The van der Waals surface area contributed by atoms with Crippen molar-refractivity contribution in [3.05, 3.63) is 0 Å². The molecule has 66 valence electrons. The van der Waals surface area contributed by atoms with E-state index in [1.54, 1.807) is 0 Å². The van der Waals surface area contributed by atoms with E-state index in [-0.39, 0.29) is 0 Å². The molecule has 1 heteroatoms. The second kappa shape index (κ2) is 3.14. The zero-order valence-electron chi connectivity index (χ0n) is 8.28. The molecule has 1 aliphatic carbocycles. The van der Waals surface area contributed by atoms with Gasteiger partial charge in [0.2, 0.25) is 0 Å². The summed E-state index contributed by atoms with van der Waals surface area (Å²) in [6.45, 7) is 8.32. The summed E-state index contributed by atoms with van der Waals surface area (Å²) in [6.07, 6.45) is 2.76. The molecule has 0 bridgehead atoms. The van der Waals surface area contributed by atoms with Crippen molar-refractivity contribution in [2.24, 2.45) is 17.3 Å². The summed E-state index contributed by atoms with van der Waals surface area (Å²) in [4.78, 5) is 0. The Kier molecular flexibility index (Phi) is 2.58. The Morgan fingerprint density at radius 2 is 2.27 bits per heavy atom. The molecule has 0 aromatic heterocycles. The van der Waals surface area contributed by atoms with Gasteiger partial charge in [0.25, 0.3) is 0 Å². The molecule has 0 aliphatic heterocycles. The minimum atomic E-state index is 0.664. The highest BCUT2D eigenvalue weighted by molar-refractivity contribution is 5.02. The third kappa shape index (κ3) is 1.58. The smallest absolute Gasteiger partial charge is 0.00180 e. The minimum Gasteiger partial charge on any atom is -0.319 e. The second-order valence-electron chi connectivity index (χ2n) is 4.27. The maximum Gasteiger partial charge on any atom is -0.00180 e. The Labute approximate surface area is 70.6 Å². The fourth-order valence-corrected chi connectivity index (χ4v) is 2.09. The van der Waals surface area contributed by atoms with E-state index >= 15 is 0 Å². The Morgan fingerprint density at radius 1 is 1.64 bits per heavy atom. The van der Waals surface area contributed by atoms with Crippen LogP contribution >= 0.6 is 0 Å². The van der Waals surface area contributed by atoms with Gasteiger partial charge in [-0.15, -0.1) is 0 Å². The van der Waals surface area contributed by atoms with Gasteiger partial charge in [-0.25, -0.2) is 0 Å². The summed E-state index contributed by atoms with van der Waals surface area (Å²) in [5, 5.41) is 3.26. The van der Waals surface area contributed by atoms with Crippen molar-refractivity contribution in [2.45, 2.75) is 33.6 Å². The second-order valence-corrected chi connectivity index (χ2v) is 4.27. The molecule has 1 saturated carbocycles. The van der Waals surface area contributed by atoms with Gasteiger partial charge in [0.1, 0.15) is 0 Å². The van der Waals surface area contributed by atoms with E-state index < -0.39 is 0 Å². The monoisotopic (exact) mass is 155 g/mol. The molecular formula is C10H21N. The zero-order valence-corrected chi connectivity index (χ0v) is 8.28. The van der Waals surface area contributed by atoms with E-state index in [0.717, 1.165) is 11.8 Å². The van der Waals surface area contributed by atoms with Crippen LogP contribution in [0.1, 0.15) is 33.6 Å². The van der Waals surface area contributed by atoms with Crippen LogP contribution in [0.2, 0.25) is 0 Å². The van der Waals surface area contributed by atoms with Crippen molar-refractivity contribution in [1.29, 1.82) is 0 Å². The molecule has 1 N–H and O–H groups in total. The maximum atomic E-state index is 3.26. The molecule has 0 amide bonds. The molecule has 3 unspecified atom stereocenters. The summed E-state index contributed by atoms with van der Waals surface area (Å²) in [5.41, 5.74) is 0.664. The third-order valence-electron chi connectivity index (χ3n) is 3.65. The van der Waals surface area contributed by atoms with Crippen molar-refractivity contribution in [3.8, 4) is 0 Å². The lowest BCUT2D eigenvalue weighted by Gasteiger charge is -2.18. The molecule has 0 spiro atoms. The maximum absolute atomic E-state index is 3.26. The number of rotatable bonds is 4. The lowest BCUT2D eigenvalue weighted by molar-refractivity contribution is 0.319. The van der Waals surface area contributed by atoms with Gasteiger partial charge in [-0.05, 0) is 37.3 Å². The summed E-state index contributed by atoms with van der Waals surface area (Å²) in [5.74, 6) is 1.85. The van der Waals surface area contributed by atoms with Crippen LogP contribution in [0.5, 0.6) is 0 Å². The largest absolute Gasteiger partial charge is 0.319 e. The lowest BCUT2D eigenvalue weighted by atomic mass is 9.88. The van der Waals surface area contributed by atoms with Crippen LogP contribution < -0.4 is 5.32 Å². The lowest BCUT2D eigenvalue weighted by Crippen LogP contribution is -2.17. The number of nitrogens with one attached hydrogen (secondary N) is 1. The van der Waals surface area contributed by atoms with E-state index in [4.69, 9.17) is 0 Å². The van der Waals surface area contributed by atoms with Crippen molar-refractivity contribution in [1.82, 2.24) is 5.32 Å². The fourth-order valence-electron chi connectivity index (χ4n) is 2.09. The van der Waals surface area contributed by atoms with Gasteiger partial charge in [0.15, 0.2) is 0 Å². The first-order valence-electron chi connectivity index (χ1n) is 4.79. The van der Waals surface area contributed by atoms with Crippen LogP contribution in [0.25, 0.3) is 0 Å². The van der Waals surface area contributed by atoms with Gasteiger partial charge in [0.05, 0.1) is 0 Å². The Morgan fingerprint density at radius 3 is 2.73 bits per heavy atom. The molecule has 11 heavy (non-hydrogen) atoms. The molecule has 0 aromatic carbocycles. The quantitative estimate of drug-likeness (QED) is 0.656. The molecule has 1 aliphatic rings. The van der Waals surface area contributed by atoms with E-state index in [0.29, 0.717) is 5.41 Å². The van der Waals surface area contributed by atoms with Gasteiger partial charge in [-0.3, -0.25) is 0 Å². The Hall–Kier alpha value is -0.0400. The molecule has 1 rings (SSSR count). The molecule has 0 heterocycles. The van der Waals surface area contributed by atoms with Crippen LogP contribution in [0, 0.1) is 17.3 Å². The third-order valence-corrected chi connectivity index (χ3v) is 3.65. The predicted octanol–water partition coefficient (Wildman–Crippen LogP) is 2.28. The molecular weight excluding hydrogens is 134 g/mol. The van der Waals surface area contributed by atoms with Gasteiger partial charge < -0.3 is 5.32 Å². The first kappa shape index (κ1) is 9.05. The SMILES string of the molecule is CCC(C)C1(C)CC1CNC. The summed E-state index contributed by atoms with van der Waals surface area (Å²) < 4.78 is 0. The van der Waals surface area contributed by atoms with Crippen molar-refractivity contribution in [3.63, 3.8) is 0 Å². The van der Waals surface area contributed by atoms with Crippen molar-refractivity contribution in [2.75, 3.05) is 13.6 Å². The summed E-state index contributed by atoms with van der Waals surface area (Å²) >= 11 is 0. The molecule has 0 aromatic rings. The Bertz CT molecular complexity index is 133. The first-order chi connectivity index (χ1) is 5.15. The molecule has 3 atom stereocenters. The normalized spacial score (nSPS) is 38.7. The van der Waals surface area contributed by atoms with Gasteiger partial charge in [-0.2, -0.15) is 0 Å².